The molecular formula is C34H43F3N10OS. The first-order valence-electron chi connectivity index (χ1n) is 16.6. The molecule has 1 amide bonds. The average Bonchev–Trinajstić information content (AvgIpc) is 3.62. The van der Waals surface area contributed by atoms with Gasteiger partial charge in [-0.05, 0) is 49.1 Å². The molecule has 2 aliphatic rings. The minimum Gasteiger partial charge on any atom is -0.368 e. The van der Waals surface area contributed by atoms with Crippen LogP contribution in [0.1, 0.15) is 34.5 Å². The molecule has 4 aromatic rings. The van der Waals surface area contributed by atoms with Crippen LogP contribution in [-0.4, -0.2) is 119 Å². The van der Waals surface area contributed by atoms with Gasteiger partial charge in [0.25, 0.3) is 0 Å². The number of nitrogen functional groups attached to an aromatic ring is 1. The fraction of sp³-hybridized carbons (Fsp3) is 0.529. The van der Waals surface area contributed by atoms with Gasteiger partial charge in [0.05, 0.1) is 18.4 Å². The summed E-state index contributed by atoms with van der Waals surface area (Å²) < 4.78 is 41.1. The molecule has 0 saturated carbocycles. The molecule has 0 bridgehead atoms. The number of benzene rings is 1. The Morgan fingerprint density at radius 1 is 1.04 bits per heavy atom. The SMILES string of the molecule is Cc1c(CN2CCC(Nc3nc(N)nc4sc(CC(F)(F)F)cc34)CC2)ccc2c1cc(C#N)n2CCN1CCN(CC(=O)N(C)C)CC1. The number of piperidine rings is 1. The Labute approximate surface area is 288 Å². The molecule has 2 saturated heterocycles. The number of nitrogens with two attached hydrogens (primary N) is 1. The van der Waals surface area contributed by atoms with Gasteiger partial charge in [-0.15, -0.1) is 11.3 Å². The molecule has 0 unspecified atom stereocenters. The van der Waals surface area contributed by atoms with E-state index in [1.165, 1.54) is 17.2 Å². The third kappa shape index (κ3) is 8.26. The molecule has 15 heteroatoms. The van der Waals surface area contributed by atoms with Crippen molar-refractivity contribution in [2.45, 2.75) is 51.5 Å². The van der Waals surface area contributed by atoms with E-state index in [0.717, 1.165) is 94.0 Å². The molecule has 6 rings (SSSR count). The summed E-state index contributed by atoms with van der Waals surface area (Å²) in [6, 6.07) is 10.4. The number of hydrogen-bond donors (Lipinski definition) is 2. The van der Waals surface area contributed by atoms with Crippen LogP contribution in [0.15, 0.2) is 24.3 Å². The van der Waals surface area contributed by atoms with Gasteiger partial charge in [-0.2, -0.15) is 23.4 Å². The first kappa shape index (κ1) is 34.9. The minimum atomic E-state index is -4.29. The smallest absolute Gasteiger partial charge is 0.368 e. The number of aryl methyl sites for hydroxylation is 1. The number of likely N-dealkylation sites (tertiary alicyclic amines) is 1. The van der Waals surface area contributed by atoms with Crippen molar-refractivity contribution in [1.29, 1.82) is 5.26 Å². The second-order valence-electron chi connectivity index (χ2n) is 13.3. The number of alkyl halides is 3. The van der Waals surface area contributed by atoms with E-state index in [-0.39, 0.29) is 22.8 Å². The van der Waals surface area contributed by atoms with Gasteiger partial charge in [0.2, 0.25) is 11.9 Å². The molecule has 0 radical (unpaired) electrons. The highest BCUT2D eigenvalue weighted by atomic mass is 32.1. The van der Waals surface area contributed by atoms with Crippen molar-refractivity contribution in [3.63, 3.8) is 0 Å². The zero-order chi connectivity index (χ0) is 34.9. The number of nitriles is 1. The molecule has 2 aliphatic heterocycles. The van der Waals surface area contributed by atoms with Crippen LogP contribution in [0.3, 0.4) is 0 Å². The van der Waals surface area contributed by atoms with Gasteiger partial charge >= 0.3 is 6.18 Å². The Hall–Kier alpha value is -3.97. The third-order valence-corrected chi connectivity index (χ3v) is 10.7. The number of rotatable bonds is 10. The summed E-state index contributed by atoms with van der Waals surface area (Å²) in [5.41, 5.74) is 10.0. The number of thiophene rings is 1. The average molecular weight is 697 g/mol. The molecule has 262 valence electrons. The van der Waals surface area contributed by atoms with E-state index in [9.17, 15) is 23.2 Å². The molecule has 2 fully saturated rings. The van der Waals surface area contributed by atoms with Crippen molar-refractivity contribution in [3.05, 3.63) is 46.0 Å². The summed E-state index contributed by atoms with van der Waals surface area (Å²) in [5.74, 6) is 0.654. The number of carbonyl (C=O) groups excluding carboxylic acids is 1. The number of likely N-dealkylation sites (N-methyl/N-ethyl adjacent to an activating group) is 1. The molecule has 3 aromatic heterocycles. The quantitative estimate of drug-likeness (QED) is 0.250. The minimum absolute atomic E-state index is 0.0415. The number of nitrogens with zero attached hydrogens (tertiary/aromatic N) is 8. The summed E-state index contributed by atoms with van der Waals surface area (Å²) in [7, 11) is 3.57. The fourth-order valence-electron chi connectivity index (χ4n) is 6.82. The number of halogens is 3. The van der Waals surface area contributed by atoms with Crippen molar-refractivity contribution in [2.24, 2.45) is 0 Å². The van der Waals surface area contributed by atoms with Crippen LogP contribution in [-0.2, 0) is 24.3 Å². The summed E-state index contributed by atoms with van der Waals surface area (Å²) in [6.45, 7) is 10.1. The summed E-state index contributed by atoms with van der Waals surface area (Å²) >= 11 is 1.00. The maximum atomic E-state index is 13.0. The van der Waals surface area contributed by atoms with Crippen LogP contribution < -0.4 is 11.1 Å². The van der Waals surface area contributed by atoms with Crippen LogP contribution in [0.2, 0.25) is 0 Å². The standard InChI is InChI=1S/C34H43F3N10OS/c1-22-23(4-5-29-27(22)16-25(19-38)47(29)15-14-44-10-12-46(13-11-44)21-30(48)43(2)3)20-45-8-6-24(7-9-45)40-31-28-17-26(18-34(35,36)37)49-32(28)42-33(39)41-31/h4-5,16-17,24H,6-15,18,20-21H2,1-3H3,(H3,39,40,41,42). The third-order valence-electron chi connectivity index (χ3n) is 9.70. The molecule has 49 heavy (non-hydrogen) atoms. The molecular weight excluding hydrogens is 654 g/mol. The molecule has 11 nitrogen and oxygen atoms in total. The van der Waals surface area contributed by atoms with Gasteiger partial charge in [-0.1, -0.05) is 6.07 Å². The predicted octanol–water partition coefficient (Wildman–Crippen LogP) is 4.30. The number of amides is 1. The van der Waals surface area contributed by atoms with Gasteiger partial charge in [0, 0.05) is 94.8 Å². The fourth-order valence-corrected chi connectivity index (χ4v) is 7.89. The molecule has 5 heterocycles. The lowest BCUT2D eigenvalue weighted by molar-refractivity contribution is -0.130. The molecule has 0 aliphatic carbocycles. The van der Waals surface area contributed by atoms with Gasteiger partial charge in [-0.3, -0.25) is 19.5 Å². The second kappa shape index (κ2) is 14.5. The Morgan fingerprint density at radius 3 is 2.43 bits per heavy atom. The van der Waals surface area contributed by atoms with Crippen LogP contribution in [0.25, 0.3) is 21.1 Å². The Morgan fingerprint density at radius 2 is 1.76 bits per heavy atom. The number of fused-ring (bicyclic) bond motifs is 2. The Balaban J connectivity index is 1.05. The number of hydrogen-bond acceptors (Lipinski definition) is 10. The maximum absolute atomic E-state index is 13.0. The van der Waals surface area contributed by atoms with E-state index >= 15 is 0 Å². The van der Waals surface area contributed by atoms with Crippen molar-refractivity contribution >= 4 is 50.1 Å². The van der Waals surface area contributed by atoms with Crippen LogP contribution in [0.5, 0.6) is 0 Å². The van der Waals surface area contributed by atoms with E-state index in [4.69, 9.17) is 5.73 Å². The predicted molar refractivity (Wildman–Crippen MR) is 186 cm³/mol. The molecule has 0 atom stereocenters. The first-order chi connectivity index (χ1) is 23.4. The molecule has 0 spiro atoms. The van der Waals surface area contributed by atoms with Gasteiger partial charge in [0.15, 0.2) is 0 Å². The Bertz CT molecular complexity index is 1850. The van der Waals surface area contributed by atoms with Crippen LogP contribution >= 0.6 is 11.3 Å². The Kier molecular flexibility index (Phi) is 10.3. The monoisotopic (exact) mass is 696 g/mol. The van der Waals surface area contributed by atoms with E-state index < -0.39 is 12.6 Å². The lowest BCUT2D eigenvalue weighted by Gasteiger charge is -2.34. The largest absolute Gasteiger partial charge is 0.393 e. The van der Waals surface area contributed by atoms with E-state index in [2.05, 4.69) is 59.7 Å². The normalized spacial score (nSPS) is 17.2. The van der Waals surface area contributed by atoms with Crippen molar-refractivity contribution in [2.75, 3.05) is 77.5 Å². The summed E-state index contributed by atoms with van der Waals surface area (Å²) in [6.07, 6.45) is -3.60. The number of piperazine rings is 1. The van der Waals surface area contributed by atoms with Crippen LogP contribution in [0.4, 0.5) is 24.9 Å². The second-order valence-corrected chi connectivity index (χ2v) is 14.4. The lowest BCUT2D eigenvalue weighted by atomic mass is 10.0. The zero-order valence-electron chi connectivity index (χ0n) is 28.2. The lowest BCUT2D eigenvalue weighted by Crippen LogP contribution is -2.49. The van der Waals surface area contributed by atoms with Crippen molar-refractivity contribution in [3.8, 4) is 6.07 Å². The number of aromatic nitrogens is 3. The number of anilines is 2. The van der Waals surface area contributed by atoms with Gasteiger partial charge in [0.1, 0.15) is 22.4 Å². The highest BCUT2D eigenvalue weighted by molar-refractivity contribution is 7.18. The molecule has 3 N–H and O–H groups in total. The van der Waals surface area contributed by atoms with Gasteiger partial charge in [-0.25, -0.2) is 4.98 Å². The van der Waals surface area contributed by atoms with Gasteiger partial charge < -0.3 is 20.5 Å². The number of carbonyl (C=O) groups is 1. The first-order valence-corrected chi connectivity index (χ1v) is 17.5. The summed E-state index contributed by atoms with van der Waals surface area (Å²) in [5, 5.41) is 15.1. The number of nitrogens with one attached hydrogen (secondary N) is 1. The zero-order valence-corrected chi connectivity index (χ0v) is 29.0. The highest BCUT2D eigenvalue weighted by Gasteiger charge is 2.30. The maximum Gasteiger partial charge on any atom is 0.393 e. The van der Waals surface area contributed by atoms with E-state index in [1.54, 1.807) is 19.0 Å². The van der Waals surface area contributed by atoms with E-state index in [0.29, 0.717) is 28.3 Å². The van der Waals surface area contributed by atoms with Crippen LogP contribution in [0, 0.1) is 18.3 Å². The van der Waals surface area contributed by atoms with Crippen molar-refractivity contribution in [1.82, 2.24) is 34.1 Å². The topological polar surface area (TPSA) is 123 Å². The molecule has 1 aromatic carbocycles. The van der Waals surface area contributed by atoms with E-state index in [1.807, 2.05) is 6.07 Å². The van der Waals surface area contributed by atoms with Crippen molar-refractivity contribution < 1.29 is 18.0 Å². The highest BCUT2D eigenvalue weighted by Crippen LogP contribution is 2.34. The summed E-state index contributed by atoms with van der Waals surface area (Å²) in [4.78, 5) is 29.9.